The van der Waals surface area contributed by atoms with Crippen molar-refractivity contribution in [3.05, 3.63) is 35.9 Å². The molecule has 1 aliphatic heterocycles. The van der Waals surface area contributed by atoms with Gasteiger partial charge in [-0.3, -0.25) is 4.79 Å². The van der Waals surface area contributed by atoms with Gasteiger partial charge in [-0.15, -0.1) is 0 Å². The van der Waals surface area contributed by atoms with E-state index in [1.54, 1.807) is 0 Å². The van der Waals surface area contributed by atoms with Crippen molar-refractivity contribution in [1.82, 2.24) is 10.6 Å². The summed E-state index contributed by atoms with van der Waals surface area (Å²) in [5.41, 5.74) is 1.35. The fraction of sp³-hybridized carbons (Fsp3) is 0.562. The van der Waals surface area contributed by atoms with E-state index in [9.17, 15) is 4.79 Å². The monoisotopic (exact) mass is 258 g/mol. The van der Waals surface area contributed by atoms with Crippen molar-refractivity contribution in [2.45, 2.75) is 38.8 Å². The highest BCUT2D eigenvalue weighted by molar-refractivity contribution is 5.81. The number of hydrogen-bond donors (Lipinski definition) is 2. The summed E-state index contributed by atoms with van der Waals surface area (Å²) in [6.45, 7) is 5.38. The smallest absolute Gasteiger partial charge is 0.223 e. The van der Waals surface area contributed by atoms with Gasteiger partial charge in [0.05, 0.1) is 12.1 Å². The molecule has 3 nitrogen and oxygen atoms in total. The Morgan fingerprint density at radius 1 is 1.26 bits per heavy atom. The lowest BCUT2D eigenvalue weighted by Gasteiger charge is -2.30. The minimum atomic E-state index is 0.0884. The lowest BCUT2D eigenvalue weighted by Crippen LogP contribution is -2.46. The Morgan fingerprint density at radius 3 is 2.58 bits per heavy atom. The van der Waals surface area contributed by atoms with E-state index in [0.717, 1.165) is 19.4 Å². The Kier molecular flexibility index (Phi) is 3.09. The molecular weight excluding hydrogens is 236 g/mol. The minimum absolute atomic E-state index is 0.0884. The summed E-state index contributed by atoms with van der Waals surface area (Å²) in [6.07, 6.45) is 2.12. The summed E-state index contributed by atoms with van der Waals surface area (Å²) >= 11 is 0. The van der Waals surface area contributed by atoms with Crippen LogP contribution in [0.2, 0.25) is 0 Å². The van der Waals surface area contributed by atoms with E-state index >= 15 is 0 Å². The molecule has 19 heavy (non-hydrogen) atoms. The zero-order valence-corrected chi connectivity index (χ0v) is 11.6. The van der Waals surface area contributed by atoms with E-state index in [1.807, 2.05) is 6.07 Å². The summed E-state index contributed by atoms with van der Waals surface area (Å²) in [6, 6.07) is 10.8. The quantitative estimate of drug-likeness (QED) is 0.873. The van der Waals surface area contributed by atoms with Gasteiger partial charge < -0.3 is 10.6 Å². The Hall–Kier alpha value is -1.35. The molecule has 2 atom stereocenters. The van der Waals surface area contributed by atoms with E-state index in [2.05, 4.69) is 48.7 Å². The average Bonchev–Trinajstić information content (AvgIpc) is 3.19. The number of amides is 1. The summed E-state index contributed by atoms with van der Waals surface area (Å²) in [4.78, 5) is 12.1. The molecule has 1 heterocycles. The van der Waals surface area contributed by atoms with Gasteiger partial charge >= 0.3 is 0 Å². The molecule has 102 valence electrons. The number of benzene rings is 1. The van der Waals surface area contributed by atoms with Crippen LogP contribution in [-0.2, 0) is 4.79 Å². The topological polar surface area (TPSA) is 41.1 Å². The van der Waals surface area contributed by atoms with Gasteiger partial charge in [-0.25, -0.2) is 0 Å². The van der Waals surface area contributed by atoms with Crippen LogP contribution in [0.3, 0.4) is 0 Å². The molecule has 2 N–H and O–H groups in total. The lowest BCUT2D eigenvalue weighted by atomic mass is 9.83. The molecule has 3 rings (SSSR count). The van der Waals surface area contributed by atoms with E-state index < -0.39 is 0 Å². The first kappa shape index (κ1) is 12.7. The van der Waals surface area contributed by atoms with Crippen molar-refractivity contribution >= 4 is 5.91 Å². The largest absolute Gasteiger partial charge is 0.351 e. The highest BCUT2D eigenvalue weighted by atomic mass is 16.2. The third kappa shape index (κ3) is 2.52. The first-order chi connectivity index (χ1) is 9.08. The molecule has 3 heteroatoms. The Morgan fingerprint density at radius 2 is 1.95 bits per heavy atom. The number of nitrogens with one attached hydrogen (secondary N) is 2. The molecule has 0 bridgehead atoms. The van der Waals surface area contributed by atoms with Gasteiger partial charge in [0.15, 0.2) is 0 Å². The third-order valence-corrected chi connectivity index (χ3v) is 4.36. The summed E-state index contributed by atoms with van der Waals surface area (Å²) in [5, 5.41) is 6.84. The second-order valence-corrected chi connectivity index (χ2v) is 6.52. The van der Waals surface area contributed by atoms with Crippen LogP contribution < -0.4 is 10.6 Å². The van der Waals surface area contributed by atoms with E-state index in [0.29, 0.717) is 0 Å². The van der Waals surface area contributed by atoms with Gasteiger partial charge in [0.2, 0.25) is 5.91 Å². The highest BCUT2D eigenvalue weighted by Crippen LogP contribution is 2.37. The van der Waals surface area contributed by atoms with Crippen molar-refractivity contribution in [2.24, 2.45) is 11.3 Å². The fourth-order valence-electron chi connectivity index (χ4n) is 2.92. The van der Waals surface area contributed by atoms with Gasteiger partial charge in [0.25, 0.3) is 0 Å². The van der Waals surface area contributed by atoms with Crippen LogP contribution in [0.15, 0.2) is 30.3 Å². The maximum Gasteiger partial charge on any atom is 0.223 e. The second-order valence-electron chi connectivity index (χ2n) is 6.52. The SMILES string of the molecule is CC1(C)CN[C@H](c2ccccc2)[C@H]1NC(=O)C1CC1. The van der Waals surface area contributed by atoms with Gasteiger partial charge in [-0.1, -0.05) is 44.2 Å². The molecule has 0 radical (unpaired) electrons. The Balaban J connectivity index is 1.80. The van der Waals surface area contributed by atoms with E-state index in [-0.39, 0.29) is 29.3 Å². The van der Waals surface area contributed by atoms with Crippen LogP contribution in [0, 0.1) is 11.3 Å². The molecule has 0 spiro atoms. The van der Waals surface area contributed by atoms with Gasteiger partial charge in [0, 0.05) is 12.5 Å². The molecule has 1 aliphatic carbocycles. The molecule has 1 amide bonds. The van der Waals surface area contributed by atoms with Gasteiger partial charge in [0.1, 0.15) is 0 Å². The first-order valence-corrected chi connectivity index (χ1v) is 7.17. The van der Waals surface area contributed by atoms with Crippen LogP contribution in [-0.4, -0.2) is 18.5 Å². The van der Waals surface area contributed by atoms with Crippen molar-refractivity contribution in [3.63, 3.8) is 0 Å². The maximum absolute atomic E-state index is 12.1. The van der Waals surface area contributed by atoms with Gasteiger partial charge in [-0.2, -0.15) is 0 Å². The predicted octanol–water partition coefficient (Wildman–Crippen LogP) is 2.25. The third-order valence-electron chi connectivity index (χ3n) is 4.36. The molecule has 1 aromatic rings. The summed E-state index contributed by atoms with van der Waals surface area (Å²) in [7, 11) is 0. The van der Waals surface area contributed by atoms with Crippen molar-refractivity contribution in [3.8, 4) is 0 Å². The zero-order chi connectivity index (χ0) is 13.5. The van der Waals surface area contributed by atoms with Crippen LogP contribution >= 0.6 is 0 Å². The van der Waals surface area contributed by atoms with Crippen molar-refractivity contribution < 1.29 is 4.79 Å². The molecule has 1 aromatic carbocycles. The van der Waals surface area contributed by atoms with E-state index in [4.69, 9.17) is 0 Å². The zero-order valence-electron chi connectivity index (χ0n) is 11.6. The molecule has 0 unspecified atom stereocenters. The average molecular weight is 258 g/mol. The fourth-order valence-corrected chi connectivity index (χ4v) is 2.92. The second kappa shape index (κ2) is 4.64. The molecule has 2 aliphatic rings. The summed E-state index contributed by atoms with van der Waals surface area (Å²) < 4.78 is 0. The highest BCUT2D eigenvalue weighted by Gasteiger charge is 2.44. The van der Waals surface area contributed by atoms with Crippen LogP contribution in [0.4, 0.5) is 0 Å². The standard InChI is InChI=1S/C16H22N2O/c1-16(2)10-17-13(11-6-4-3-5-7-11)14(16)18-15(19)12-8-9-12/h3-7,12-14,17H,8-10H2,1-2H3,(H,18,19)/t13-,14-/m1/s1. The van der Waals surface area contributed by atoms with Crippen molar-refractivity contribution in [2.75, 3.05) is 6.54 Å². The molecule has 2 fully saturated rings. The van der Waals surface area contributed by atoms with Crippen LogP contribution in [0.1, 0.15) is 38.3 Å². The minimum Gasteiger partial charge on any atom is -0.351 e. The summed E-state index contributed by atoms with van der Waals surface area (Å²) in [5.74, 6) is 0.510. The molecule has 1 saturated heterocycles. The van der Waals surface area contributed by atoms with Crippen LogP contribution in [0.25, 0.3) is 0 Å². The molecular formula is C16H22N2O. The lowest BCUT2D eigenvalue weighted by molar-refractivity contribution is -0.123. The molecule has 1 saturated carbocycles. The Bertz CT molecular complexity index is 465. The Labute approximate surface area is 114 Å². The van der Waals surface area contributed by atoms with Gasteiger partial charge in [-0.05, 0) is 23.8 Å². The number of carbonyl (C=O) groups excluding carboxylic acids is 1. The van der Waals surface area contributed by atoms with E-state index in [1.165, 1.54) is 5.56 Å². The number of hydrogen-bond acceptors (Lipinski definition) is 2. The molecule has 0 aromatic heterocycles. The maximum atomic E-state index is 12.1. The number of rotatable bonds is 3. The van der Waals surface area contributed by atoms with Crippen LogP contribution in [0.5, 0.6) is 0 Å². The first-order valence-electron chi connectivity index (χ1n) is 7.17. The normalized spacial score (nSPS) is 29.2. The predicted molar refractivity (Wildman–Crippen MR) is 75.6 cm³/mol. The van der Waals surface area contributed by atoms with Crippen molar-refractivity contribution in [1.29, 1.82) is 0 Å². The number of carbonyl (C=O) groups is 1.